The van der Waals surface area contributed by atoms with E-state index in [4.69, 9.17) is 0 Å². The summed E-state index contributed by atoms with van der Waals surface area (Å²) in [6.07, 6.45) is 4.53. The molecule has 7 heteroatoms. The standard InChI is InChI=1S/C21H23FN2O3S/c1-2-4-14-7-8-19-18(11-14)21-17(20(13-25)23-19)9-10-24(21)28(26,27)16-6-3-5-15(22)12-16/h2-8,11-12,17,20-21,23,25H,9-10,13H2,1H3/b4-2+/t17-,20-,21-/m0/s1. The highest BCUT2D eigenvalue weighted by atomic mass is 32.2. The van der Waals surface area contributed by atoms with Crippen LogP contribution in [0.3, 0.4) is 0 Å². The van der Waals surface area contributed by atoms with Crippen molar-refractivity contribution in [3.8, 4) is 0 Å². The lowest BCUT2D eigenvalue weighted by atomic mass is 9.83. The number of benzene rings is 2. The second-order valence-electron chi connectivity index (χ2n) is 7.25. The number of sulfonamides is 1. The van der Waals surface area contributed by atoms with Crippen molar-refractivity contribution in [2.75, 3.05) is 18.5 Å². The molecular weight excluding hydrogens is 379 g/mol. The molecule has 0 amide bonds. The first-order chi connectivity index (χ1) is 13.5. The van der Waals surface area contributed by atoms with E-state index in [1.807, 2.05) is 37.3 Å². The van der Waals surface area contributed by atoms with Gasteiger partial charge in [-0.25, -0.2) is 12.8 Å². The zero-order valence-corrected chi connectivity index (χ0v) is 16.4. The Bertz CT molecular complexity index is 1020. The van der Waals surface area contributed by atoms with E-state index >= 15 is 0 Å². The molecule has 0 saturated carbocycles. The maximum absolute atomic E-state index is 13.7. The number of anilines is 1. The first-order valence-electron chi connectivity index (χ1n) is 9.37. The Morgan fingerprint density at radius 1 is 1.29 bits per heavy atom. The zero-order chi connectivity index (χ0) is 19.9. The summed E-state index contributed by atoms with van der Waals surface area (Å²) in [7, 11) is -3.87. The number of hydrogen-bond acceptors (Lipinski definition) is 4. The molecule has 0 spiro atoms. The third-order valence-electron chi connectivity index (χ3n) is 5.61. The fourth-order valence-corrected chi connectivity index (χ4v) is 6.07. The summed E-state index contributed by atoms with van der Waals surface area (Å²) in [5.74, 6) is -0.632. The maximum atomic E-state index is 13.7. The van der Waals surface area contributed by atoms with Gasteiger partial charge in [-0.2, -0.15) is 4.31 Å². The predicted octanol–water partition coefficient (Wildman–Crippen LogP) is 3.40. The van der Waals surface area contributed by atoms with Crippen molar-refractivity contribution in [3.05, 3.63) is 65.5 Å². The monoisotopic (exact) mass is 402 g/mol. The Morgan fingerprint density at radius 2 is 2.11 bits per heavy atom. The van der Waals surface area contributed by atoms with E-state index in [9.17, 15) is 17.9 Å². The smallest absolute Gasteiger partial charge is 0.243 e. The van der Waals surface area contributed by atoms with Crippen LogP contribution in [0, 0.1) is 11.7 Å². The molecule has 0 bridgehead atoms. The van der Waals surface area contributed by atoms with Crippen molar-refractivity contribution in [3.63, 3.8) is 0 Å². The minimum atomic E-state index is -3.87. The summed E-state index contributed by atoms with van der Waals surface area (Å²) in [6, 6.07) is 10.4. The lowest BCUT2D eigenvalue weighted by Crippen LogP contribution is -2.42. The highest BCUT2D eigenvalue weighted by Gasteiger charge is 2.48. The van der Waals surface area contributed by atoms with Gasteiger partial charge in [0.2, 0.25) is 10.0 Å². The van der Waals surface area contributed by atoms with E-state index in [-0.39, 0.29) is 23.5 Å². The van der Waals surface area contributed by atoms with Gasteiger partial charge >= 0.3 is 0 Å². The van der Waals surface area contributed by atoms with Crippen molar-refractivity contribution >= 4 is 21.8 Å². The Labute approximate surface area is 164 Å². The Kier molecular flexibility index (Phi) is 4.99. The molecule has 0 aromatic heterocycles. The molecule has 2 aromatic carbocycles. The fourth-order valence-electron chi connectivity index (χ4n) is 4.37. The van der Waals surface area contributed by atoms with Gasteiger partial charge in [0, 0.05) is 18.2 Å². The van der Waals surface area contributed by atoms with Crippen LogP contribution in [-0.4, -0.2) is 37.0 Å². The molecule has 2 aliphatic heterocycles. The average Bonchev–Trinajstić information content (AvgIpc) is 3.14. The molecule has 2 N–H and O–H groups in total. The van der Waals surface area contributed by atoms with Gasteiger partial charge in [0.1, 0.15) is 5.82 Å². The summed E-state index contributed by atoms with van der Waals surface area (Å²) in [4.78, 5) is -0.0432. The normalized spacial score (nSPS) is 24.8. The van der Waals surface area contributed by atoms with Crippen LogP contribution in [0.1, 0.15) is 30.5 Å². The van der Waals surface area contributed by atoms with Crippen LogP contribution in [0.4, 0.5) is 10.1 Å². The van der Waals surface area contributed by atoms with Crippen molar-refractivity contribution in [2.24, 2.45) is 5.92 Å². The van der Waals surface area contributed by atoms with Gasteiger partial charge < -0.3 is 10.4 Å². The number of fused-ring (bicyclic) bond motifs is 3. The highest BCUT2D eigenvalue weighted by molar-refractivity contribution is 7.89. The molecule has 148 valence electrons. The van der Waals surface area contributed by atoms with E-state index in [0.717, 1.165) is 22.9 Å². The van der Waals surface area contributed by atoms with Gasteiger partial charge in [0.05, 0.1) is 23.6 Å². The molecule has 2 aliphatic rings. The van der Waals surface area contributed by atoms with Crippen LogP contribution in [-0.2, 0) is 10.0 Å². The van der Waals surface area contributed by atoms with Gasteiger partial charge in [-0.05, 0) is 54.8 Å². The second kappa shape index (κ2) is 7.31. The summed E-state index contributed by atoms with van der Waals surface area (Å²) in [5, 5.41) is 13.2. The fraction of sp³-hybridized carbons (Fsp3) is 0.333. The van der Waals surface area contributed by atoms with Gasteiger partial charge in [0.15, 0.2) is 0 Å². The minimum Gasteiger partial charge on any atom is -0.394 e. The molecule has 2 aromatic rings. The van der Waals surface area contributed by atoms with Crippen LogP contribution >= 0.6 is 0 Å². The quantitative estimate of drug-likeness (QED) is 0.823. The van der Waals surface area contributed by atoms with Gasteiger partial charge in [-0.1, -0.05) is 24.3 Å². The topological polar surface area (TPSA) is 69.6 Å². The molecule has 4 rings (SSSR count). The van der Waals surface area contributed by atoms with Crippen LogP contribution in [0.2, 0.25) is 0 Å². The second-order valence-corrected chi connectivity index (χ2v) is 9.14. The minimum absolute atomic E-state index is 0.0432. The lowest BCUT2D eigenvalue weighted by Gasteiger charge is -2.39. The summed E-state index contributed by atoms with van der Waals surface area (Å²) in [5.41, 5.74) is 2.71. The highest BCUT2D eigenvalue weighted by Crippen LogP contribution is 2.48. The first kappa shape index (κ1) is 19.1. The third-order valence-corrected chi connectivity index (χ3v) is 7.49. The summed E-state index contributed by atoms with van der Waals surface area (Å²) in [6.45, 7) is 2.18. The van der Waals surface area contributed by atoms with Crippen molar-refractivity contribution in [2.45, 2.75) is 30.3 Å². The number of halogens is 1. The number of allylic oxidation sites excluding steroid dienone is 1. The van der Waals surface area contributed by atoms with E-state index in [1.165, 1.54) is 22.5 Å². The van der Waals surface area contributed by atoms with Gasteiger partial charge in [-0.15, -0.1) is 0 Å². The Hall–Kier alpha value is -2.22. The molecule has 0 unspecified atom stereocenters. The zero-order valence-electron chi connectivity index (χ0n) is 15.5. The molecule has 2 heterocycles. The number of nitrogens with one attached hydrogen (secondary N) is 1. The average molecular weight is 402 g/mol. The molecule has 1 saturated heterocycles. The maximum Gasteiger partial charge on any atom is 0.243 e. The predicted molar refractivity (Wildman–Crippen MR) is 107 cm³/mol. The first-order valence-corrected chi connectivity index (χ1v) is 10.8. The number of rotatable bonds is 4. The SMILES string of the molecule is C/C=C/c1ccc2c(c1)[C@@H]1[C@@H](CCN1S(=O)(=O)c1cccc(F)c1)[C@H](CO)N2. The number of aliphatic hydroxyl groups excluding tert-OH is 1. The number of hydrogen-bond donors (Lipinski definition) is 2. The van der Waals surface area contributed by atoms with Crippen LogP contribution in [0.15, 0.2) is 53.4 Å². The molecule has 1 fully saturated rings. The number of aliphatic hydroxyl groups is 1. The van der Waals surface area contributed by atoms with Crippen LogP contribution in [0.5, 0.6) is 0 Å². The van der Waals surface area contributed by atoms with E-state index < -0.39 is 21.9 Å². The summed E-state index contributed by atoms with van der Waals surface area (Å²) >= 11 is 0. The van der Waals surface area contributed by atoms with Gasteiger partial charge in [0.25, 0.3) is 0 Å². The van der Waals surface area contributed by atoms with E-state index in [1.54, 1.807) is 0 Å². The largest absolute Gasteiger partial charge is 0.394 e. The van der Waals surface area contributed by atoms with Crippen molar-refractivity contribution in [1.82, 2.24) is 4.31 Å². The molecular formula is C21H23FN2O3S. The van der Waals surface area contributed by atoms with E-state index in [0.29, 0.717) is 13.0 Å². The van der Waals surface area contributed by atoms with Crippen molar-refractivity contribution in [1.29, 1.82) is 0 Å². The van der Waals surface area contributed by atoms with Gasteiger partial charge in [-0.3, -0.25) is 0 Å². The molecule has 0 radical (unpaired) electrons. The molecule has 0 aliphatic carbocycles. The van der Waals surface area contributed by atoms with Crippen LogP contribution < -0.4 is 5.32 Å². The third kappa shape index (κ3) is 3.13. The van der Waals surface area contributed by atoms with Crippen molar-refractivity contribution < 1.29 is 17.9 Å². The lowest BCUT2D eigenvalue weighted by molar-refractivity contribution is 0.210. The number of nitrogens with zero attached hydrogens (tertiary/aromatic N) is 1. The Balaban J connectivity index is 1.82. The van der Waals surface area contributed by atoms with Crippen LogP contribution in [0.25, 0.3) is 6.08 Å². The molecule has 3 atom stereocenters. The summed E-state index contributed by atoms with van der Waals surface area (Å²) < 4.78 is 41.8. The Morgan fingerprint density at radius 3 is 2.82 bits per heavy atom. The van der Waals surface area contributed by atoms with E-state index in [2.05, 4.69) is 5.32 Å². The molecule has 28 heavy (non-hydrogen) atoms. The molecule has 5 nitrogen and oxygen atoms in total.